The Morgan fingerprint density at radius 3 is 2.65 bits per heavy atom. The standard InChI is InChI=1S/C17H22FN3O2/c1-14-11-16(19-23-14)13-21-7-5-20(6-8-21)9-10-22-17-4-2-3-15(18)12-17/h2-4,11-12H,5-10,13H2,1H3. The van der Waals surface area contributed by atoms with Crippen molar-refractivity contribution in [1.82, 2.24) is 15.0 Å². The van der Waals surface area contributed by atoms with Crippen LogP contribution in [0.15, 0.2) is 34.9 Å². The molecule has 0 atom stereocenters. The summed E-state index contributed by atoms with van der Waals surface area (Å²) in [7, 11) is 0. The maximum absolute atomic E-state index is 13.1. The highest BCUT2D eigenvalue weighted by molar-refractivity contribution is 5.22. The molecule has 1 fully saturated rings. The van der Waals surface area contributed by atoms with Crippen LogP contribution < -0.4 is 4.74 Å². The molecular weight excluding hydrogens is 297 g/mol. The second kappa shape index (κ2) is 7.57. The molecule has 2 heterocycles. The topological polar surface area (TPSA) is 41.7 Å². The van der Waals surface area contributed by atoms with Crippen LogP contribution in [0.1, 0.15) is 11.5 Å². The summed E-state index contributed by atoms with van der Waals surface area (Å²) in [6, 6.07) is 8.26. The summed E-state index contributed by atoms with van der Waals surface area (Å²) in [4.78, 5) is 4.74. The van der Waals surface area contributed by atoms with Gasteiger partial charge < -0.3 is 9.26 Å². The minimum Gasteiger partial charge on any atom is -0.492 e. The van der Waals surface area contributed by atoms with Gasteiger partial charge in [-0.1, -0.05) is 11.2 Å². The number of hydrogen-bond acceptors (Lipinski definition) is 5. The lowest BCUT2D eigenvalue weighted by molar-refractivity contribution is 0.111. The lowest BCUT2D eigenvalue weighted by Gasteiger charge is -2.34. The highest BCUT2D eigenvalue weighted by atomic mass is 19.1. The Kier molecular flexibility index (Phi) is 5.25. The minimum absolute atomic E-state index is 0.265. The van der Waals surface area contributed by atoms with E-state index in [9.17, 15) is 4.39 Å². The van der Waals surface area contributed by atoms with Crippen molar-refractivity contribution in [1.29, 1.82) is 0 Å². The van der Waals surface area contributed by atoms with E-state index in [1.54, 1.807) is 12.1 Å². The Morgan fingerprint density at radius 1 is 1.17 bits per heavy atom. The van der Waals surface area contributed by atoms with Gasteiger partial charge in [0.1, 0.15) is 23.9 Å². The molecular formula is C17H22FN3O2. The molecule has 6 heteroatoms. The number of piperazine rings is 1. The smallest absolute Gasteiger partial charge is 0.133 e. The molecule has 0 N–H and O–H groups in total. The van der Waals surface area contributed by atoms with Crippen LogP contribution in [0.3, 0.4) is 0 Å². The molecule has 0 spiro atoms. The first-order valence-electron chi connectivity index (χ1n) is 7.94. The summed E-state index contributed by atoms with van der Waals surface area (Å²) in [5.74, 6) is 1.18. The Labute approximate surface area is 135 Å². The third-order valence-corrected chi connectivity index (χ3v) is 4.00. The van der Waals surface area contributed by atoms with Gasteiger partial charge in [-0.15, -0.1) is 0 Å². The van der Waals surface area contributed by atoms with Gasteiger partial charge in [0.25, 0.3) is 0 Å². The summed E-state index contributed by atoms with van der Waals surface area (Å²) in [6.07, 6.45) is 0. The summed E-state index contributed by atoms with van der Waals surface area (Å²) in [5.41, 5.74) is 0.991. The van der Waals surface area contributed by atoms with Crippen LogP contribution in [0.25, 0.3) is 0 Å². The summed E-state index contributed by atoms with van der Waals surface area (Å²) < 4.78 is 23.8. The number of aromatic nitrogens is 1. The predicted molar refractivity (Wildman–Crippen MR) is 84.9 cm³/mol. The number of ether oxygens (including phenoxy) is 1. The average Bonchev–Trinajstić information content (AvgIpc) is 2.94. The summed E-state index contributed by atoms with van der Waals surface area (Å²) in [6.45, 7) is 8.20. The van der Waals surface area contributed by atoms with E-state index in [0.717, 1.165) is 50.7 Å². The molecule has 0 amide bonds. The molecule has 1 aromatic heterocycles. The number of hydrogen-bond donors (Lipinski definition) is 0. The lowest BCUT2D eigenvalue weighted by Crippen LogP contribution is -2.47. The SMILES string of the molecule is Cc1cc(CN2CCN(CCOc3cccc(F)c3)CC2)no1. The van der Waals surface area contributed by atoms with Crippen LogP contribution in [0.4, 0.5) is 4.39 Å². The fourth-order valence-electron chi connectivity index (χ4n) is 2.74. The van der Waals surface area contributed by atoms with Crippen molar-refractivity contribution >= 4 is 0 Å². The molecule has 1 aliphatic rings. The van der Waals surface area contributed by atoms with Gasteiger partial charge in [0, 0.05) is 51.4 Å². The Bertz CT molecular complexity index is 624. The van der Waals surface area contributed by atoms with Gasteiger partial charge in [-0.25, -0.2) is 4.39 Å². The quantitative estimate of drug-likeness (QED) is 0.817. The fraction of sp³-hybridized carbons (Fsp3) is 0.471. The van der Waals surface area contributed by atoms with Gasteiger partial charge in [0.2, 0.25) is 0 Å². The Balaban J connectivity index is 1.36. The predicted octanol–water partition coefficient (Wildman–Crippen LogP) is 2.32. The van der Waals surface area contributed by atoms with Crippen molar-refractivity contribution in [2.75, 3.05) is 39.3 Å². The van der Waals surface area contributed by atoms with Crippen LogP contribution in [-0.4, -0.2) is 54.3 Å². The zero-order valence-electron chi connectivity index (χ0n) is 13.4. The second-order valence-electron chi connectivity index (χ2n) is 5.85. The largest absolute Gasteiger partial charge is 0.492 e. The van der Waals surface area contributed by atoms with Crippen LogP contribution in [0.5, 0.6) is 5.75 Å². The molecule has 2 aromatic rings. The summed E-state index contributed by atoms with van der Waals surface area (Å²) in [5, 5.41) is 4.04. The van der Waals surface area contributed by atoms with Crippen molar-refractivity contribution < 1.29 is 13.7 Å². The van der Waals surface area contributed by atoms with Gasteiger partial charge in [-0.2, -0.15) is 0 Å². The Morgan fingerprint density at radius 2 is 1.96 bits per heavy atom. The van der Waals surface area contributed by atoms with Gasteiger partial charge in [-0.3, -0.25) is 9.80 Å². The molecule has 0 aliphatic carbocycles. The van der Waals surface area contributed by atoms with E-state index >= 15 is 0 Å². The molecule has 0 bridgehead atoms. The first-order chi connectivity index (χ1) is 11.2. The zero-order chi connectivity index (χ0) is 16.1. The third kappa shape index (κ3) is 4.77. The summed E-state index contributed by atoms with van der Waals surface area (Å²) >= 11 is 0. The molecule has 5 nitrogen and oxygen atoms in total. The number of rotatable bonds is 6. The molecule has 23 heavy (non-hydrogen) atoms. The van der Waals surface area contributed by atoms with Crippen LogP contribution in [-0.2, 0) is 6.54 Å². The maximum Gasteiger partial charge on any atom is 0.133 e. The highest BCUT2D eigenvalue weighted by Crippen LogP contribution is 2.12. The molecule has 1 saturated heterocycles. The lowest BCUT2D eigenvalue weighted by atomic mass is 10.3. The molecule has 0 saturated carbocycles. The van der Waals surface area contributed by atoms with Crippen molar-refractivity contribution in [2.24, 2.45) is 0 Å². The van der Waals surface area contributed by atoms with Crippen LogP contribution >= 0.6 is 0 Å². The number of halogens is 1. The van der Waals surface area contributed by atoms with Gasteiger partial charge in [0.15, 0.2) is 0 Å². The minimum atomic E-state index is -0.265. The van der Waals surface area contributed by atoms with E-state index in [4.69, 9.17) is 9.26 Å². The zero-order valence-corrected chi connectivity index (χ0v) is 13.4. The van der Waals surface area contributed by atoms with E-state index in [-0.39, 0.29) is 5.82 Å². The van der Waals surface area contributed by atoms with Gasteiger partial charge >= 0.3 is 0 Å². The molecule has 0 unspecified atom stereocenters. The normalized spacial score (nSPS) is 16.6. The second-order valence-corrected chi connectivity index (χ2v) is 5.85. The van der Waals surface area contributed by atoms with Gasteiger partial charge in [-0.05, 0) is 19.1 Å². The average molecular weight is 319 g/mol. The molecule has 1 aliphatic heterocycles. The first-order valence-corrected chi connectivity index (χ1v) is 7.94. The van der Waals surface area contributed by atoms with E-state index in [2.05, 4.69) is 15.0 Å². The van der Waals surface area contributed by atoms with E-state index < -0.39 is 0 Å². The Hall–Kier alpha value is -1.92. The molecule has 3 rings (SSSR count). The van der Waals surface area contributed by atoms with Crippen LogP contribution in [0, 0.1) is 12.7 Å². The van der Waals surface area contributed by atoms with Crippen molar-refractivity contribution in [3.63, 3.8) is 0 Å². The van der Waals surface area contributed by atoms with E-state index in [1.807, 2.05) is 13.0 Å². The fourth-order valence-corrected chi connectivity index (χ4v) is 2.74. The third-order valence-electron chi connectivity index (χ3n) is 4.00. The van der Waals surface area contributed by atoms with E-state index in [1.165, 1.54) is 12.1 Å². The van der Waals surface area contributed by atoms with E-state index in [0.29, 0.717) is 12.4 Å². The highest BCUT2D eigenvalue weighted by Gasteiger charge is 2.17. The number of benzene rings is 1. The van der Waals surface area contributed by atoms with Crippen LogP contribution in [0.2, 0.25) is 0 Å². The van der Waals surface area contributed by atoms with Crippen molar-refractivity contribution in [2.45, 2.75) is 13.5 Å². The molecule has 124 valence electrons. The van der Waals surface area contributed by atoms with Crippen molar-refractivity contribution in [3.05, 3.63) is 47.6 Å². The first kappa shape index (κ1) is 16.0. The van der Waals surface area contributed by atoms with Crippen molar-refractivity contribution in [3.8, 4) is 5.75 Å². The number of nitrogens with zero attached hydrogens (tertiary/aromatic N) is 3. The molecule has 0 radical (unpaired) electrons. The molecule has 1 aromatic carbocycles. The monoisotopic (exact) mass is 319 g/mol. The maximum atomic E-state index is 13.1. The van der Waals surface area contributed by atoms with Gasteiger partial charge in [0.05, 0.1) is 5.69 Å². The number of aryl methyl sites for hydroxylation is 1.